The zero-order valence-electron chi connectivity index (χ0n) is 20.7. The second kappa shape index (κ2) is 7.83. The van der Waals surface area contributed by atoms with Crippen LogP contribution in [0.4, 0.5) is 17.1 Å². The molecule has 4 heteroatoms. The zero-order chi connectivity index (χ0) is 24.7. The highest BCUT2D eigenvalue weighted by molar-refractivity contribution is 8.56. The number of benzene rings is 5. The summed E-state index contributed by atoms with van der Waals surface area (Å²) < 4.78 is 0. The van der Waals surface area contributed by atoms with Gasteiger partial charge in [-0.3, -0.25) is 0 Å². The van der Waals surface area contributed by atoms with Crippen LogP contribution in [-0.2, 0) is 5.41 Å². The van der Waals surface area contributed by atoms with Gasteiger partial charge in [0.1, 0.15) is 0 Å². The lowest BCUT2D eigenvalue weighted by atomic mass is 9.73. The topological polar surface area (TPSA) is 3.24 Å². The molecule has 0 saturated heterocycles. The molecule has 0 N–H and O–H groups in total. The van der Waals surface area contributed by atoms with Crippen molar-refractivity contribution in [1.82, 2.24) is 0 Å². The molecule has 1 nitrogen and oxygen atoms in total. The first-order valence-corrected chi connectivity index (χ1v) is 14.6. The third-order valence-electron chi connectivity index (χ3n) is 8.12. The molecular formula is C33H24BNS2. The summed E-state index contributed by atoms with van der Waals surface area (Å²) >= 11 is 3.99. The third-order valence-corrected chi connectivity index (χ3v) is 10.8. The van der Waals surface area contributed by atoms with Crippen LogP contribution in [0.1, 0.15) is 25.0 Å². The van der Waals surface area contributed by atoms with Gasteiger partial charge >= 0.3 is 5.27 Å². The largest absolute Gasteiger partial charge is 0.318 e. The Morgan fingerprint density at radius 1 is 0.568 bits per heavy atom. The van der Waals surface area contributed by atoms with Gasteiger partial charge in [-0.25, -0.2) is 0 Å². The monoisotopic (exact) mass is 509 g/mol. The fourth-order valence-electron chi connectivity index (χ4n) is 6.37. The van der Waals surface area contributed by atoms with Gasteiger partial charge in [-0.1, -0.05) is 86.6 Å². The number of nitrogens with zero attached hydrogens (tertiary/aromatic N) is 1. The smallest absolute Gasteiger partial charge is 0.310 e. The summed E-state index contributed by atoms with van der Waals surface area (Å²) in [5.41, 5.74) is 13.3. The summed E-state index contributed by atoms with van der Waals surface area (Å²) in [6, 6.07) is 40.6. The van der Waals surface area contributed by atoms with Crippen LogP contribution in [0.5, 0.6) is 0 Å². The van der Waals surface area contributed by atoms with Crippen LogP contribution in [0.2, 0.25) is 0 Å². The van der Waals surface area contributed by atoms with Crippen LogP contribution in [0.25, 0.3) is 22.3 Å². The van der Waals surface area contributed by atoms with Crippen molar-refractivity contribution in [3.8, 4) is 22.3 Å². The minimum Gasteiger partial charge on any atom is -0.310 e. The van der Waals surface area contributed by atoms with Crippen molar-refractivity contribution < 1.29 is 0 Å². The van der Waals surface area contributed by atoms with E-state index in [9.17, 15) is 0 Å². The lowest BCUT2D eigenvalue weighted by Crippen LogP contribution is -2.34. The molecule has 5 aromatic rings. The van der Waals surface area contributed by atoms with E-state index in [4.69, 9.17) is 0 Å². The van der Waals surface area contributed by atoms with E-state index in [2.05, 4.69) is 128 Å². The van der Waals surface area contributed by atoms with Gasteiger partial charge in [0.15, 0.2) is 0 Å². The molecule has 0 bridgehead atoms. The lowest BCUT2D eigenvalue weighted by molar-refractivity contribution is 0.632. The van der Waals surface area contributed by atoms with Crippen molar-refractivity contribution in [3.05, 3.63) is 120 Å². The van der Waals surface area contributed by atoms with E-state index in [0.29, 0.717) is 5.27 Å². The van der Waals surface area contributed by atoms with Crippen LogP contribution in [0.15, 0.2) is 119 Å². The second-order valence-electron chi connectivity index (χ2n) is 10.5. The maximum Gasteiger partial charge on any atom is 0.318 e. The van der Waals surface area contributed by atoms with Gasteiger partial charge in [-0.05, 0) is 75.2 Å². The average Bonchev–Trinajstić information content (AvgIpc) is 2.93. The Bertz CT molecular complexity index is 1620. The van der Waals surface area contributed by atoms with Crippen molar-refractivity contribution in [1.29, 1.82) is 0 Å². The molecule has 0 spiro atoms. The standard InChI is InChI=1S/C33H24BNS2/c1-33(2)26-13-5-7-15-28(26)35(29-16-8-6-14-27(29)33)21-19-24-22-11-3-9-17-30(22)36-34-32(24)25(20-21)23-12-4-10-18-31(23)37-34/h3-20H,1-2H3. The van der Waals surface area contributed by atoms with Crippen molar-refractivity contribution in [2.45, 2.75) is 29.1 Å². The first kappa shape index (κ1) is 21.7. The third kappa shape index (κ3) is 3.03. The summed E-state index contributed by atoms with van der Waals surface area (Å²) in [5, 5.41) is 0.365. The Hall–Kier alpha value is -3.34. The predicted octanol–water partition coefficient (Wildman–Crippen LogP) is 9.04. The molecule has 3 aliphatic rings. The van der Waals surface area contributed by atoms with E-state index in [0.717, 1.165) is 0 Å². The van der Waals surface area contributed by atoms with Crippen molar-refractivity contribution in [2.24, 2.45) is 0 Å². The molecule has 0 saturated carbocycles. The van der Waals surface area contributed by atoms with Gasteiger partial charge in [0.25, 0.3) is 0 Å². The van der Waals surface area contributed by atoms with E-state index < -0.39 is 0 Å². The fourth-order valence-corrected chi connectivity index (χ4v) is 9.31. The number of para-hydroxylation sites is 2. The summed E-state index contributed by atoms with van der Waals surface area (Å²) in [5.74, 6) is 0. The fraction of sp³-hybridized carbons (Fsp3) is 0.0909. The molecular weight excluding hydrogens is 485 g/mol. The molecule has 0 amide bonds. The molecule has 0 atom stereocenters. The molecule has 5 aromatic carbocycles. The van der Waals surface area contributed by atoms with Gasteiger partial charge < -0.3 is 4.90 Å². The van der Waals surface area contributed by atoms with Crippen LogP contribution in [-0.4, -0.2) is 5.27 Å². The van der Waals surface area contributed by atoms with Crippen molar-refractivity contribution in [2.75, 3.05) is 4.90 Å². The SMILES string of the molecule is CC1(C)c2ccccc2N(c2cc3c4c(c2)-c2ccccc2SB4Sc2ccccc2-3)c2ccccc21. The van der Waals surface area contributed by atoms with Crippen LogP contribution < -0.4 is 10.4 Å². The van der Waals surface area contributed by atoms with Gasteiger partial charge in [0, 0.05) is 20.9 Å². The first-order valence-electron chi connectivity index (χ1n) is 12.8. The molecule has 3 aliphatic heterocycles. The van der Waals surface area contributed by atoms with Gasteiger partial charge in [0.05, 0.1) is 11.4 Å². The Morgan fingerprint density at radius 2 is 1.03 bits per heavy atom. The van der Waals surface area contributed by atoms with Crippen LogP contribution in [0.3, 0.4) is 0 Å². The van der Waals surface area contributed by atoms with E-state index >= 15 is 0 Å². The Balaban J connectivity index is 1.46. The molecule has 0 unspecified atom stereocenters. The number of rotatable bonds is 1. The summed E-state index contributed by atoms with van der Waals surface area (Å²) in [6.07, 6.45) is 0. The maximum absolute atomic E-state index is 2.50. The van der Waals surface area contributed by atoms with E-state index in [1.54, 1.807) is 0 Å². The lowest BCUT2D eigenvalue weighted by Gasteiger charge is -2.42. The number of hydrogen-bond acceptors (Lipinski definition) is 3. The molecule has 0 aromatic heterocycles. The summed E-state index contributed by atoms with van der Waals surface area (Å²) in [4.78, 5) is 5.24. The van der Waals surface area contributed by atoms with E-state index in [1.807, 2.05) is 23.2 Å². The number of anilines is 3. The highest BCUT2D eigenvalue weighted by Crippen LogP contribution is 2.55. The molecule has 0 radical (unpaired) electrons. The number of fused-ring (bicyclic) bond motifs is 6. The molecule has 8 rings (SSSR count). The predicted molar refractivity (Wildman–Crippen MR) is 161 cm³/mol. The normalized spacial score (nSPS) is 15.7. The molecule has 37 heavy (non-hydrogen) atoms. The molecule has 3 heterocycles. The Morgan fingerprint density at radius 3 is 1.57 bits per heavy atom. The van der Waals surface area contributed by atoms with Crippen LogP contribution in [0, 0.1) is 0 Å². The quantitative estimate of drug-likeness (QED) is 0.208. The van der Waals surface area contributed by atoms with Crippen molar-refractivity contribution in [3.63, 3.8) is 0 Å². The van der Waals surface area contributed by atoms with Gasteiger partial charge in [-0.15, -0.1) is 0 Å². The molecule has 176 valence electrons. The van der Waals surface area contributed by atoms with E-state index in [1.165, 1.54) is 65.7 Å². The molecule has 0 fully saturated rings. The van der Waals surface area contributed by atoms with Gasteiger partial charge in [0.2, 0.25) is 0 Å². The highest BCUT2D eigenvalue weighted by atomic mass is 32.2. The summed E-state index contributed by atoms with van der Waals surface area (Å²) in [7, 11) is 0. The minimum atomic E-state index is -0.0657. The Labute approximate surface area is 226 Å². The van der Waals surface area contributed by atoms with Gasteiger partial charge in [-0.2, -0.15) is 23.2 Å². The zero-order valence-corrected chi connectivity index (χ0v) is 22.4. The highest BCUT2D eigenvalue weighted by Gasteiger charge is 2.40. The van der Waals surface area contributed by atoms with Crippen molar-refractivity contribution >= 4 is 51.0 Å². The number of hydrogen-bond donors (Lipinski definition) is 0. The average molecular weight is 510 g/mol. The minimum absolute atomic E-state index is 0.0657. The van der Waals surface area contributed by atoms with Crippen LogP contribution >= 0.6 is 23.2 Å². The Kier molecular flexibility index (Phi) is 4.60. The second-order valence-corrected chi connectivity index (χ2v) is 13.1. The maximum atomic E-state index is 2.50. The van der Waals surface area contributed by atoms with E-state index in [-0.39, 0.29) is 5.41 Å². The first-order chi connectivity index (χ1) is 18.1. The summed E-state index contributed by atoms with van der Waals surface area (Å²) in [6.45, 7) is 4.70. The molecule has 0 aliphatic carbocycles.